The summed E-state index contributed by atoms with van der Waals surface area (Å²) in [5.74, 6) is -1.40. The summed E-state index contributed by atoms with van der Waals surface area (Å²) in [6, 6.07) is 21.0. The molecule has 1 unspecified atom stereocenters. The molecule has 4 rings (SSSR count). The highest BCUT2D eigenvalue weighted by Crippen LogP contribution is 2.21. The Morgan fingerprint density at radius 3 is 2.35 bits per heavy atom. The van der Waals surface area contributed by atoms with E-state index in [1.54, 1.807) is 0 Å². The first-order valence-electron chi connectivity index (χ1n) is 10.9. The Balaban J connectivity index is 1.26. The second kappa shape index (κ2) is 10.7. The maximum Gasteiger partial charge on any atom is 0.329 e. The summed E-state index contributed by atoms with van der Waals surface area (Å²) in [4.78, 5) is 38.2. The molecule has 2 N–H and O–H groups in total. The number of urea groups is 1. The summed E-state index contributed by atoms with van der Waals surface area (Å²) in [5.41, 5.74) is 3.22. The summed E-state index contributed by atoms with van der Waals surface area (Å²) < 4.78 is 18.9. The van der Waals surface area contributed by atoms with Crippen molar-refractivity contribution in [3.63, 3.8) is 0 Å². The van der Waals surface area contributed by atoms with Gasteiger partial charge < -0.3 is 15.4 Å². The van der Waals surface area contributed by atoms with E-state index in [4.69, 9.17) is 4.74 Å². The first-order chi connectivity index (χ1) is 16.5. The van der Waals surface area contributed by atoms with Crippen LogP contribution in [0.3, 0.4) is 0 Å². The minimum absolute atomic E-state index is 0.192. The number of benzene rings is 3. The number of amides is 4. The Bertz CT molecular complexity index is 1170. The molecule has 0 saturated carbocycles. The molecule has 0 spiro atoms. The van der Waals surface area contributed by atoms with Gasteiger partial charge in [0.05, 0.1) is 25.3 Å². The third kappa shape index (κ3) is 5.85. The normalized spacial score (nSPS) is 15.3. The van der Waals surface area contributed by atoms with E-state index in [1.165, 1.54) is 12.1 Å². The van der Waals surface area contributed by atoms with Gasteiger partial charge in [0.15, 0.2) is 0 Å². The molecule has 0 aromatic heterocycles. The van der Waals surface area contributed by atoms with Crippen LogP contribution in [0.15, 0.2) is 78.9 Å². The van der Waals surface area contributed by atoms with Crippen molar-refractivity contribution >= 4 is 23.5 Å². The maximum absolute atomic E-state index is 13.1. The molecule has 1 fully saturated rings. The molecule has 3 aromatic rings. The number of carbonyl (C=O) groups excluding carboxylic acids is 3. The fourth-order valence-corrected chi connectivity index (χ4v) is 3.65. The van der Waals surface area contributed by atoms with Crippen LogP contribution < -0.4 is 15.5 Å². The molecule has 34 heavy (non-hydrogen) atoms. The highest BCUT2D eigenvalue weighted by atomic mass is 19.1. The average molecular weight is 461 g/mol. The Hall–Kier alpha value is -4.04. The summed E-state index contributed by atoms with van der Waals surface area (Å²) in [5, 5.41) is 5.29. The van der Waals surface area contributed by atoms with E-state index in [2.05, 4.69) is 10.6 Å². The predicted molar refractivity (Wildman–Crippen MR) is 124 cm³/mol. The van der Waals surface area contributed by atoms with Crippen molar-refractivity contribution in [2.24, 2.45) is 0 Å². The van der Waals surface area contributed by atoms with E-state index in [9.17, 15) is 18.8 Å². The maximum atomic E-state index is 13.1. The number of carbonyl (C=O) groups is 3. The molecule has 8 heteroatoms. The zero-order valence-corrected chi connectivity index (χ0v) is 18.4. The number of hydrogen-bond acceptors (Lipinski definition) is 4. The molecule has 0 aliphatic carbocycles. The Morgan fingerprint density at radius 1 is 0.912 bits per heavy atom. The molecule has 4 amide bonds. The van der Waals surface area contributed by atoms with Gasteiger partial charge in [-0.25, -0.2) is 14.1 Å². The molecular formula is C26H24FN3O4. The first-order valence-corrected chi connectivity index (χ1v) is 10.9. The van der Waals surface area contributed by atoms with Crippen molar-refractivity contribution in [3.8, 4) is 0 Å². The number of hydrogen-bond donors (Lipinski definition) is 2. The third-order valence-corrected chi connectivity index (χ3v) is 5.35. The third-order valence-electron chi connectivity index (χ3n) is 5.35. The molecule has 1 aliphatic rings. The van der Waals surface area contributed by atoms with Crippen LogP contribution in [0.4, 0.5) is 14.9 Å². The molecule has 0 bridgehead atoms. The van der Waals surface area contributed by atoms with Gasteiger partial charge in [0.25, 0.3) is 5.91 Å². The zero-order chi connectivity index (χ0) is 23.9. The highest BCUT2D eigenvalue weighted by molar-refractivity contribution is 6.22. The van der Waals surface area contributed by atoms with Crippen LogP contribution in [0.1, 0.15) is 23.1 Å². The standard InChI is InChI=1S/C26H24FN3O4/c27-21-9-11-22(12-10-21)30-25(32)23(29-26(30)33)14-24(31)28-15-19-7-4-8-20(13-19)17-34-16-18-5-2-1-3-6-18/h1-13,23H,14-17H2,(H,28,31)(H,29,33). The van der Waals surface area contributed by atoms with E-state index in [0.29, 0.717) is 13.2 Å². The SMILES string of the molecule is O=C(CC1NC(=O)N(c2ccc(F)cc2)C1=O)NCc1cccc(COCc2ccccc2)c1. The molecule has 7 nitrogen and oxygen atoms in total. The summed E-state index contributed by atoms with van der Waals surface area (Å²) in [6.07, 6.45) is -0.192. The van der Waals surface area contributed by atoms with Crippen LogP contribution in [0, 0.1) is 5.82 Å². The quantitative estimate of drug-likeness (QED) is 0.476. The van der Waals surface area contributed by atoms with Crippen molar-refractivity contribution in [2.45, 2.75) is 32.2 Å². The fourth-order valence-electron chi connectivity index (χ4n) is 3.65. The molecule has 1 heterocycles. The number of rotatable bonds is 9. The molecule has 174 valence electrons. The lowest BCUT2D eigenvalue weighted by Gasteiger charge is -2.13. The molecule has 0 radical (unpaired) electrons. The van der Waals surface area contributed by atoms with Gasteiger partial charge in [0, 0.05) is 6.54 Å². The van der Waals surface area contributed by atoms with Crippen LogP contribution in [0.25, 0.3) is 0 Å². The van der Waals surface area contributed by atoms with Gasteiger partial charge in [-0.1, -0.05) is 54.6 Å². The van der Waals surface area contributed by atoms with E-state index in [1.807, 2.05) is 54.6 Å². The van der Waals surface area contributed by atoms with Gasteiger partial charge in [-0.2, -0.15) is 0 Å². The van der Waals surface area contributed by atoms with E-state index < -0.39 is 23.8 Å². The van der Waals surface area contributed by atoms with Crippen LogP contribution in [-0.4, -0.2) is 23.9 Å². The van der Waals surface area contributed by atoms with Gasteiger partial charge in [0.2, 0.25) is 5.91 Å². The minimum Gasteiger partial charge on any atom is -0.372 e. The zero-order valence-electron chi connectivity index (χ0n) is 18.4. The highest BCUT2D eigenvalue weighted by Gasteiger charge is 2.40. The van der Waals surface area contributed by atoms with E-state index in [0.717, 1.165) is 33.7 Å². The van der Waals surface area contributed by atoms with Crippen molar-refractivity contribution in [1.82, 2.24) is 10.6 Å². The molecule has 1 atom stereocenters. The fraction of sp³-hybridized carbons (Fsp3) is 0.192. The lowest BCUT2D eigenvalue weighted by Crippen LogP contribution is -2.36. The van der Waals surface area contributed by atoms with E-state index >= 15 is 0 Å². The van der Waals surface area contributed by atoms with Gasteiger partial charge in [-0.3, -0.25) is 9.59 Å². The van der Waals surface area contributed by atoms with Crippen molar-refractivity contribution < 1.29 is 23.5 Å². The second-order valence-corrected chi connectivity index (χ2v) is 7.93. The van der Waals surface area contributed by atoms with Crippen LogP contribution in [0.5, 0.6) is 0 Å². The smallest absolute Gasteiger partial charge is 0.329 e. The Labute approximate surface area is 196 Å². The molecular weight excluding hydrogens is 437 g/mol. The first kappa shape index (κ1) is 23.1. The number of nitrogens with one attached hydrogen (secondary N) is 2. The average Bonchev–Trinajstić information content (AvgIpc) is 3.12. The van der Waals surface area contributed by atoms with Crippen LogP contribution in [0.2, 0.25) is 0 Å². The van der Waals surface area contributed by atoms with Gasteiger partial charge in [-0.15, -0.1) is 0 Å². The minimum atomic E-state index is -0.977. The van der Waals surface area contributed by atoms with E-state index in [-0.39, 0.29) is 24.6 Å². The number of anilines is 1. The van der Waals surface area contributed by atoms with Gasteiger partial charge >= 0.3 is 6.03 Å². The Kier molecular flexibility index (Phi) is 7.29. The molecule has 1 saturated heterocycles. The topological polar surface area (TPSA) is 87.7 Å². The second-order valence-electron chi connectivity index (χ2n) is 7.93. The van der Waals surface area contributed by atoms with Crippen molar-refractivity contribution in [1.29, 1.82) is 0 Å². The molecule has 3 aromatic carbocycles. The summed E-state index contributed by atoms with van der Waals surface area (Å²) in [7, 11) is 0. The predicted octanol–water partition coefficient (Wildman–Crippen LogP) is 3.67. The van der Waals surface area contributed by atoms with Gasteiger partial charge in [0.1, 0.15) is 11.9 Å². The van der Waals surface area contributed by atoms with Gasteiger partial charge in [-0.05, 0) is 41.0 Å². The van der Waals surface area contributed by atoms with Crippen LogP contribution in [-0.2, 0) is 34.1 Å². The van der Waals surface area contributed by atoms with Crippen molar-refractivity contribution in [2.75, 3.05) is 4.90 Å². The lowest BCUT2D eigenvalue weighted by molar-refractivity contribution is -0.125. The largest absolute Gasteiger partial charge is 0.372 e. The monoisotopic (exact) mass is 461 g/mol. The summed E-state index contributed by atoms with van der Waals surface area (Å²) in [6.45, 7) is 1.23. The Morgan fingerprint density at radius 2 is 1.59 bits per heavy atom. The lowest BCUT2D eigenvalue weighted by atomic mass is 10.1. The number of halogens is 1. The van der Waals surface area contributed by atoms with Crippen molar-refractivity contribution in [3.05, 3.63) is 101 Å². The number of imide groups is 1. The number of nitrogens with zero attached hydrogens (tertiary/aromatic N) is 1. The van der Waals surface area contributed by atoms with Crippen LogP contribution >= 0.6 is 0 Å². The number of ether oxygens (including phenoxy) is 1. The summed E-state index contributed by atoms with van der Waals surface area (Å²) >= 11 is 0. The molecule has 1 aliphatic heterocycles.